The van der Waals surface area contributed by atoms with E-state index < -0.39 is 5.82 Å². The van der Waals surface area contributed by atoms with Crippen LogP contribution < -0.4 is 10.2 Å². The molecule has 0 spiro atoms. The van der Waals surface area contributed by atoms with Gasteiger partial charge in [0.15, 0.2) is 0 Å². The number of hydrogen-bond acceptors (Lipinski definition) is 3. The smallest absolute Gasteiger partial charge is 0.257 e. The van der Waals surface area contributed by atoms with E-state index in [4.69, 9.17) is 16.3 Å². The van der Waals surface area contributed by atoms with Crippen LogP contribution in [-0.4, -0.2) is 32.2 Å². The molecule has 2 aromatic rings. The quantitative estimate of drug-likeness (QED) is 0.814. The van der Waals surface area contributed by atoms with E-state index in [1.54, 1.807) is 0 Å². The van der Waals surface area contributed by atoms with Crippen LogP contribution in [0.15, 0.2) is 40.9 Å². The summed E-state index contributed by atoms with van der Waals surface area (Å²) in [7, 11) is 0. The van der Waals surface area contributed by atoms with E-state index in [1.807, 2.05) is 18.2 Å². The number of benzene rings is 2. The Hall–Kier alpha value is -1.63. The molecule has 0 aromatic heterocycles. The summed E-state index contributed by atoms with van der Waals surface area (Å²) < 4.78 is 19.4. The summed E-state index contributed by atoms with van der Waals surface area (Å²) in [5.41, 5.74) is 1.80. The van der Waals surface area contributed by atoms with Crippen molar-refractivity contribution >= 4 is 44.8 Å². The minimum atomic E-state index is -0.479. The van der Waals surface area contributed by atoms with Crippen molar-refractivity contribution < 1.29 is 13.9 Å². The van der Waals surface area contributed by atoms with E-state index >= 15 is 0 Å². The first kappa shape index (κ1) is 17.2. The summed E-state index contributed by atoms with van der Waals surface area (Å²) in [5, 5.41) is 2.95. The van der Waals surface area contributed by atoms with E-state index in [0.717, 1.165) is 29.3 Å². The number of nitrogens with zero attached hydrogens (tertiary/aromatic N) is 1. The highest BCUT2D eigenvalue weighted by molar-refractivity contribution is 9.10. The number of nitrogens with one attached hydrogen (secondary N) is 1. The topological polar surface area (TPSA) is 41.6 Å². The van der Waals surface area contributed by atoms with Crippen molar-refractivity contribution in [2.45, 2.75) is 0 Å². The van der Waals surface area contributed by atoms with Gasteiger partial charge in [0.25, 0.3) is 5.91 Å². The standard InChI is InChI=1S/C17H15BrClFN2O2/c18-11-1-4-16(22-5-7-24-8-6-22)15(9-11)21-17(23)13-3-2-12(20)10-14(13)19/h1-4,9-10H,5-8H2,(H,21,23). The second kappa shape index (κ2) is 7.51. The zero-order chi connectivity index (χ0) is 17.1. The zero-order valence-electron chi connectivity index (χ0n) is 12.7. The summed E-state index contributed by atoms with van der Waals surface area (Å²) in [6.07, 6.45) is 0. The Kier molecular flexibility index (Phi) is 5.38. The van der Waals surface area contributed by atoms with Gasteiger partial charge in [-0.2, -0.15) is 0 Å². The number of rotatable bonds is 3. The minimum Gasteiger partial charge on any atom is -0.378 e. The largest absolute Gasteiger partial charge is 0.378 e. The van der Waals surface area contributed by atoms with E-state index in [-0.39, 0.29) is 16.5 Å². The number of halogens is 3. The molecule has 3 rings (SSSR count). The number of carbonyl (C=O) groups excluding carboxylic acids is 1. The van der Waals surface area contributed by atoms with Gasteiger partial charge >= 0.3 is 0 Å². The number of anilines is 2. The summed E-state index contributed by atoms with van der Waals surface area (Å²) in [4.78, 5) is 14.7. The Balaban J connectivity index is 1.88. The maximum absolute atomic E-state index is 13.2. The number of morpholine rings is 1. The average molecular weight is 414 g/mol. The molecule has 7 heteroatoms. The van der Waals surface area contributed by atoms with Gasteiger partial charge in [0.1, 0.15) is 5.82 Å². The molecule has 1 saturated heterocycles. The van der Waals surface area contributed by atoms with Crippen molar-refractivity contribution in [1.29, 1.82) is 0 Å². The lowest BCUT2D eigenvalue weighted by molar-refractivity contribution is 0.102. The monoisotopic (exact) mass is 412 g/mol. The SMILES string of the molecule is O=C(Nc1cc(Br)ccc1N1CCOCC1)c1ccc(F)cc1Cl. The van der Waals surface area contributed by atoms with Gasteiger partial charge in [0.2, 0.25) is 0 Å². The fourth-order valence-electron chi connectivity index (χ4n) is 2.55. The lowest BCUT2D eigenvalue weighted by Crippen LogP contribution is -2.36. The van der Waals surface area contributed by atoms with Crippen molar-refractivity contribution in [2.24, 2.45) is 0 Å². The van der Waals surface area contributed by atoms with Gasteiger partial charge in [0.05, 0.1) is 35.2 Å². The summed E-state index contributed by atoms with van der Waals surface area (Å²) in [6, 6.07) is 9.41. The van der Waals surface area contributed by atoms with Crippen LogP contribution in [0.1, 0.15) is 10.4 Å². The van der Waals surface area contributed by atoms with Gasteiger partial charge in [-0.1, -0.05) is 27.5 Å². The Morgan fingerprint density at radius 3 is 2.67 bits per heavy atom. The third kappa shape index (κ3) is 3.88. The molecule has 0 radical (unpaired) electrons. The lowest BCUT2D eigenvalue weighted by Gasteiger charge is -2.30. The summed E-state index contributed by atoms with van der Waals surface area (Å²) in [6.45, 7) is 2.80. The first-order valence-electron chi connectivity index (χ1n) is 7.43. The second-order valence-electron chi connectivity index (χ2n) is 5.34. The number of amides is 1. The van der Waals surface area contributed by atoms with E-state index in [1.165, 1.54) is 12.1 Å². The molecule has 1 aliphatic rings. The Bertz CT molecular complexity index is 766. The predicted molar refractivity (Wildman–Crippen MR) is 96.5 cm³/mol. The molecular weight excluding hydrogens is 399 g/mol. The summed E-state index contributed by atoms with van der Waals surface area (Å²) in [5.74, 6) is -0.861. The summed E-state index contributed by atoms with van der Waals surface area (Å²) >= 11 is 9.39. The molecule has 0 atom stereocenters. The molecule has 24 heavy (non-hydrogen) atoms. The first-order valence-corrected chi connectivity index (χ1v) is 8.60. The van der Waals surface area contributed by atoms with Crippen LogP contribution in [0.3, 0.4) is 0 Å². The van der Waals surface area contributed by atoms with E-state index in [0.29, 0.717) is 18.9 Å². The fraction of sp³-hybridized carbons (Fsp3) is 0.235. The Morgan fingerprint density at radius 2 is 1.96 bits per heavy atom. The molecule has 126 valence electrons. The average Bonchev–Trinajstić information content (AvgIpc) is 2.55. The third-order valence-corrected chi connectivity index (χ3v) is 4.54. The molecule has 1 fully saturated rings. The van der Waals surface area contributed by atoms with Crippen molar-refractivity contribution in [3.05, 3.63) is 57.3 Å². The van der Waals surface area contributed by atoms with Gasteiger partial charge in [-0.25, -0.2) is 4.39 Å². The number of carbonyl (C=O) groups is 1. The molecule has 1 N–H and O–H groups in total. The molecule has 0 saturated carbocycles. The Labute approximate surface area is 152 Å². The second-order valence-corrected chi connectivity index (χ2v) is 6.66. The maximum atomic E-state index is 13.2. The van der Waals surface area contributed by atoms with Crippen LogP contribution >= 0.6 is 27.5 Å². The third-order valence-electron chi connectivity index (χ3n) is 3.73. The highest BCUT2D eigenvalue weighted by Gasteiger charge is 2.18. The van der Waals surface area contributed by atoms with Crippen LogP contribution in [-0.2, 0) is 4.74 Å². The first-order chi connectivity index (χ1) is 11.5. The fourth-order valence-corrected chi connectivity index (χ4v) is 3.17. The van der Waals surface area contributed by atoms with Crippen LogP contribution in [0.4, 0.5) is 15.8 Å². The van der Waals surface area contributed by atoms with Crippen LogP contribution in [0, 0.1) is 5.82 Å². The molecule has 2 aromatic carbocycles. The van der Waals surface area contributed by atoms with Crippen LogP contribution in [0.25, 0.3) is 0 Å². The van der Waals surface area contributed by atoms with Gasteiger partial charge < -0.3 is 15.0 Å². The highest BCUT2D eigenvalue weighted by Crippen LogP contribution is 2.31. The highest BCUT2D eigenvalue weighted by atomic mass is 79.9. The molecule has 0 aliphatic carbocycles. The minimum absolute atomic E-state index is 0.0791. The molecular formula is C17H15BrClFN2O2. The molecule has 1 heterocycles. The maximum Gasteiger partial charge on any atom is 0.257 e. The zero-order valence-corrected chi connectivity index (χ0v) is 15.0. The molecule has 1 aliphatic heterocycles. The van der Waals surface area contributed by atoms with Crippen molar-refractivity contribution in [3.8, 4) is 0 Å². The molecule has 0 unspecified atom stereocenters. The van der Waals surface area contributed by atoms with E-state index in [2.05, 4.69) is 26.1 Å². The predicted octanol–water partition coefficient (Wildman–Crippen LogP) is 4.33. The molecule has 4 nitrogen and oxygen atoms in total. The molecule has 0 bridgehead atoms. The van der Waals surface area contributed by atoms with Gasteiger partial charge in [0, 0.05) is 17.6 Å². The Morgan fingerprint density at radius 1 is 1.21 bits per heavy atom. The molecule has 1 amide bonds. The van der Waals surface area contributed by atoms with Gasteiger partial charge in [-0.05, 0) is 36.4 Å². The van der Waals surface area contributed by atoms with Gasteiger partial charge in [-0.3, -0.25) is 4.79 Å². The lowest BCUT2D eigenvalue weighted by atomic mass is 10.2. The van der Waals surface area contributed by atoms with Crippen LogP contribution in [0.2, 0.25) is 5.02 Å². The van der Waals surface area contributed by atoms with Crippen molar-refractivity contribution in [2.75, 3.05) is 36.5 Å². The number of hydrogen-bond donors (Lipinski definition) is 1. The normalized spacial score (nSPS) is 14.5. The van der Waals surface area contributed by atoms with E-state index in [9.17, 15) is 9.18 Å². The number of ether oxygens (including phenoxy) is 1. The van der Waals surface area contributed by atoms with Crippen LogP contribution in [0.5, 0.6) is 0 Å². The van der Waals surface area contributed by atoms with Gasteiger partial charge in [-0.15, -0.1) is 0 Å². The van der Waals surface area contributed by atoms with Crippen molar-refractivity contribution in [3.63, 3.8) is 0 Å². The van der Waals surface area contributed by atoms with Crippen molar-refractivity contribution in [1.82, 2.24) is 0 Å².